The van der Waals surface area contributed by atoms with Gasteiger partial charge in [0.15, 0.2) is 0 Å². The summed E-state index contributed by atoms with van der Waals surface area (Å²) in [6.07, 6.45) is 17.1. The summed E-state index contributed by atoms with van der Waals surface area (Å²) < 4.78 is 0. The zero-order valence-electron chi connectivity index (χ0n) is 36.2. The molecule has 1 aromatic heterocycles. The van der Waals surface area contributed by atoms with Gasteiger partial charge in [0.05, 0.1) is 22.8 Å². The fourth-order valence-corrected chi connectivity index (χ4v) is 7.34. The van der Waals surface area contributed by atoms with Crippen LogP contribution in [0.5, 0.6) is 0 Å². The van der Waals surface area contributed by atoms with Crippen molar-refractivity contribution in [2.75, 3.05) is 72.0 Å². The van der Waals surface area contributed by atoms with Gasteiger partial charge in [-0.05, 0) is 150 Å². The second kappa shape index (κ2) is 22.2. The molecular formula is C52H64N6. The summed E-state index contributed by atoms with van der Waals surface area (Å²) in [5.74, 6) is 0. The van der Waals surface area contributed by atoms with Gasteiger partial charge < -0.3 is 19.6 Å². The van der Waals surface area contributed by atoms with E-state index in [1.165, 1.54) is 22.7 Å². The van der Waals surface area contributed by atoms with Gasteiger partial charge >= 0.3 is 0 Å². The Morgan fingerprint density at radius 1 is 0.310 bits per heavy atom. The smallest absolute Gasteiger partial charge is 0.0894 e. The van der Waals surface area contributed by atoms with Crippen LogP contribution in [0.15, 0.2) is 97.1 Å². The summed E-state index contributed by atoms with van der Waals surface area (Å²) in [7, 11) is 0. The molecule has 0 bridgehead atoms. The lowest BCUT2D eigenvalue weighted by Gasteiger charge is -2.21. The molecule has 1 heterocycles. The largest absolute Gasteiger partial charge is 0.372 e. The molecule has 0 fully saturated rings. The molecule has 0 radical (unpaired) electrons. The SMILES string of the molecule is CCN(CC)c1cccc(/C=C/c2nc(/C=C/c3cccc(N(CC)CC)c3)c(/C=C/c3cccc(N(CC)CC)c3)nc2/C=C/c2cccc(N(CC)CC)c2)c1. The van der Waals surface area contributed by atoms with Gasteiger partial charge in [-0.3, -0.25) is 0 Å². The van der Waals surface area contributed by atoms with Crippen molar-refractivity contribution in [1.82, 2.24) is 9.97 Å². The van der Waals surface area contributed by atoms with E-state index in [1.54, 1.807) is 0 Å². The van der Waals surface area contributed by atoms with Gasteiger partial charge in [0.25, 0.3) is 0 Å². The van der Waals surface area contributed by atoms with Crippen molar-refractivity contribution in [3.05, 3.63) is 142 Å². The molecule has 0 spiro atoms. The zero-order valence-corrected chi connectivity index (χ0v) is 36.2. The second-order valence-corrected chi connectivity index (χ2v) is 14.2. The zero-order chi connectivity index (χ0) is 41.3. The normalized spacial score (nSPS) is 11.7. The third kappa shape index (κ3) is 11.6. The third-order valence-electron chi connectivity index (χ3n) is 10.7. The Hall–Kier alpha value is -5.88. The number of nitrogens with zero attached hydrogens (tertiary/aromatic N) is 6. The van der Waals surface area contributed by atoms with Crippen LogP contribution >= 0.6 is 0 Å². The lowest BCUT2D eigenvalue weighted by molar-refractivity contribution is 0.866. The number of benzene rings is 4. The summed E-state index contributed by atoms with van der Waals surface area (Å²) in [6, 6.07) is 34.9. The summed E-state index contributed by atoms with van der Waals surface area (Å²) >= 11 is 0. The van der Waals surface area contributed by atoms with Crippen LogP contribution in [0.2, 0.25) is 0 Å². The molecular weight excluding hydrogens is 709 g/mol. The molecule has 302 valence electrons. The molecule has 5 aromatic rings. The summed E-state index contributed by atoms with van der Waals surface area (Å²) in [4.78, 5) is 20.2. The topological polar surface area (TPSA) is 38.7 Å². The molecule has 0 amide bonds. The lowest BCUT2D eigenvalue weighted by atomic mass is 10.1. The Kier molecular flexibility index (Phi) is 16.5. The molecule has 0 N–H and O–H groups in total. The van der Waals surface area contributed by atoms with Crippen LogP contribution in [-0.2, 0) is 0 Å². The van der Waals surface area contributed by atoms with Gasteiger partial charge in [-0.25, -0.2) is 9.97 Å². The van der Waals surface area contributed by atoms with Crippen molar-refractivity contribution >= 4 is 71.4 Å². The first-order valence-corrected chi connectivity index (χ1v) is 21.4. The van der Waals surface area contributed by atoms with E-state index in [4.69, 9.17) is 9.97 Å². The molecule has 0 aliphatic heterocycles. The maximum absolute atomic E-state index is 5.38. The highest BCUT2D eigenvalue weighted by Crippen LogP contribution is 2.25. The molecule has 0 unspecified atom stereocenters. The van der Waals surface area contributed by atoms with Crippen molar-refractivity contribution in [3.63, 3.8) is 0 Å². The van der Waals surface area contributed by atoms with Crippen molar-refractivity contribution in [2.24, 2.45) is 0 Å². The molecule has 0 atom stereocenters. The van der Waals surface area contributed by atoms with E-state index >= 15 is 0 Å². The summed E-state index contributed by atoms with van der Waals surface area (Å²) in [6.45, 7) is 25.3. The lowest BCUT2D eigenvalue weighted by Crippen LogP contribution is -2.21. The van der Waals surface area contributed by atoms with E-state index < -0.39 is 0 Å². The van der Waals surface area contributed by atoms with E-state index in [-0.39, 0.29) is 0 Å². The second-order valence-electron chi connectivity index (χ2n) is 14.2. The standard InChI is InChI=1S/C52H64N6/c1-9-55(10-2)45-25-17-21-41(37-45)29-33-49-50(34-30-42-22-18-26-46(38-42)56(11-3)12-4)54-52(36-32-44-24-20-28-48(40-44)58(15-7)16-8)51(53-49)35-31-43-23-19-27-47(39-43)57(13-5)14-6/h17-40H,9-16H2,1-8H3/b33-29+,34-30+,35-31+,36-32+. The Morgan fingerprint density at radius 3 is 0.707 bits per heavy atom. The highest BCUT2D eigenvalue weighted by atomic mass is 15.1. The number of anilines is 4. The maximum atomic E-state index is 5.38. The van der Waals surface area contributed by atoms with Crippen LogP contribution in [0.4, 0.5) is 22.7 Å². The van der Waals surface area contributed by atoms with Gasteiger partial charge in [0.1, 0.15) is 0 Å². The van der Waals surface area contributed by atoms with Gasteiger partial charge in [-0.15, -0.1) is 0 Å². The van der Waals surface area contributed by atoms with Crippen LogP contribution in [0, 0.1) is 0 Å². The fourth-order valence-electron chi connectivity index (χ4n) is 7.34. The highest BCUT2D eigenvalue weighted by molar-refractivity contribution is 5.82. The van der Waals surface area contributed by atoms with E-state index in [2.05, 4.69) is 221 Å². The van der Waals surface area contributed by atoms with Gasteiger partial charge in [0.2, 0.25) is 0 Å². The summed E-state index contributed by atoms with van der Waals surface area (Å²) in [5, 5.41) is 0. The number of rotatable bonds is 20. The first-order valence-electron chi connectivity index (χ1n) is 21.4. The number of aromatic nitrogens is 2. The minimum atomic E-state index is 0.807. The predicted octanol–water partition coefficient (Wildman–Crippen LogP) is 12.5. The molecule has 0 aliphatic carbocycles. The Morgan fingerprint density at radius 2 is 0.517 bits per heavy atom. The number of hydrogen-bond donors (Lipinski definition) is 0. The van der Waals surface area contributed by atoms with Crippen molar-refractivity contribution in [3.8, 4) is 0 Å². The third-order valence-corrected chi connectivity index (χ3v) is 10.7. The fraction of sp³-hybridized carbons (Fsp3) is 0.308. The van der Waals surface area contributed by atoms with Crippen molar-refractivity contribution < 1.29 is 0 Å². The van der Waals surface area contributed by atoms with E-state index in [0.29, 0.717) is 0 Å². The molecule has 6 nitrogen and oxygen atoms in total. The molecule has 0 saturated carbocycles. The van der Waals surface area contributed by atoms with Crippen LogP contribution in [0.3, 0.4) is 0 Å². The molecule has 6 heteroatoms. The van der Waals surface area contributed by atoms with Gasteiger partial charge in [-0.1, -0.05) is 72.8 Å². The summed E-state index contributed by atoms with van der Waals surface area (Å²) in [5.41, 5.74) is 12.6. The van der Waals surface area contributed by atoms with Crippen molar-refractivity contribution in [1.29, 1.82) is 0 Å². The highest BCUT2D eigenvalue weighted by Gasteiger charge is 2.11. The maximum Gasteiger partial charge on any atom is 0.0894 e. The quantitative estimate of drug-likeness (QED) is 0.0784. The van der Waals surface area contributed by atoms with Crippen LogP contribution in [0.25, 0.3) is 48.6 Å². The molecule has 4 aromatic carbocycles. The van der Waals surface area contributed by atoms with E-state index in [1.807, 2.05) is 0 Å². The Bertz CT molecular complexity index is 1860. The first kappa shape index (κ1) is 43.2. The average molecular weight is 773 g/mol. The van der Waals surface area contributed by atoms with Crippen LogP contribution < -0.4 is 19.6 Å². The van der Waals surface area contributed by atoms with Crippen LogP contribution in [0.1, 0.15) is 100 Å². The monoisotopic (exact) mass is 773 g/mol. The minimum absolute atomic E-state index is 0.807. The number of hydrogen-bond acceptors (Lipinski definition) is 6. The van der Waals surface area contributed by atoms with Gasteiger partial charge in [-0.2, -0.15) is 0 Å². The Labute approximate surface area is 349 Å². The first-order chi connectivity index (χ1) is 28.4. The molecule has 0 saturated heterocycles. The Balaban J connectivity index is 1.66. The molecule has 0 aliphatic rings. The van der Waals surface area contributed by atoms with Crippen LogP contribution in [-0.4, -0.2) is 62.3 Å². The predicted molar refractivity (Wildman–Crippen MR) is 258 cm³/mol. The minimum Gasteiger partial charge on any atom is -0.372 e. The van der Waals surface area contributed by atoms with Gasteiger partial charge in [0, 0.05) is 75.1 Å². The van der Waals surface area contributed by atoms with E-state index in [0.717, 1.165) is 97.4 Å². The molecule has 5 rings (SSSR count). The molecule has 58 heavy (non-hydrogen) atoms. The average Bonchev–Trinajstić information content (AvgIpc) is 3.26. The van der Waals surface area contributed by atoms with Crippen molar-refractivity contribution in [2.45, 2.75) is 55.4 Å². The van der Waals surface area contributed by atoms with E-state index in [9.17, 15) is 0 Å².